The SMILES string of the molecule is Nc1ccc(NC(=O)c2ccc(OC(F)(F)C(F)Cl)cc2OC(F)(F)C(F)Cl)c(O)c1. The number of rotatable bonds is 8. The van der Waals surface area contributed by atoms with Gasteiger partial charge in [-0.3, -0.25) is 4.79 Å². The first kappa shape index (κ1) is 24.5. The second-order valence-corrected chi connectivity index (χ2v) is 6.58. The van der Waals surface area contributed by atoms with Gasteiger partial charge in [0.2, 0.25) is 0 Å². The van der Waals surface area contributed by atoms with E-state index in [-0.39, 0.29) is 11.4 Å². The zero-order valence-electron chi connectivity index (χ0n) is 14.9. The molecule has 0 fully saturated rings. The Hall–Kier alpha value is -2.73. The van der Waals surface area contributed by atoms with E-state index < -0.39 is 52.2 Å². The van der Waals surface area contributed by atoms with Gasteiger partial charge in [-0.1, -0.05) is 23.2 Å². The molecule has 0 heterocycles. The van der Waals surface area contributed by atoms with Crippen LogP contribution in [0.1, 0.15) is 10.4 Å². The highest BCUT2D eigenvalue weighted by Crippen LogP contribution is 2.36. The quantitative estimate of drug-likeness (QED) is 0.203. The third-order valence-electron chi connectivity index (χ3n) is 3.48. The van der Waals surface area contributed by atoms with E-state index in [1.165, 1.54) is 12.1 Å². The van der Waals surface area contributed by atoms with E-state index in [1.54, 1.807) is 0 Å². The van der Waals surface area contributed by atoms with Crippen molar-refractivity contribution in [1.82, 2.24) is 0 Å². The van der Waals surface area contributed by atoms with Crippen LogP contribution in [0, 0.1) is 0 Å². The van der Waals surface area contributed by atoms with Gasteiger partial charge in [0.05, 0.1) is 11.3 Å². The minimum Gasteiger partial charge on any atom is -0.506 e. The second-order valence-electron chi connectivity index (χ2n) is 5.82. The molecule has 0 radical (unpaired) electrons. The second kappa shape index (κ2) is 9.18. The van der Waals surface area contributed by atoms with Crippen LogP contribution in [0.3, 0.4) is 0 Å². The van der Waals surface area contributed by atoms with Crippen LogP contribution >= 0.6 is 23.2 Å². The lowest BCUT2D eigenvalue weighted by molar-refractivity contribution is -0.202. The number of phenolic OH excluding ortho intramolecular Hbond substituents is 1. The molecule has 2 aromatic carbocycles. The molecule has 0 bridgehead atoms. The maximum absolute atomic E-state index is 13.6. The normalized spacial score (nSPS) is 13.9. The van der Waals surface area contributed by atoms with E-state index in [4.69, 9.17) is 17.3 Å². The molecule has 2 unspecified atom stereocenters. The Morgan fingerprint density at radius 1 is 1.00 bits per heavy atom. The molecule has 0 aromatic heterocycles. The fourth-order valence-corrected chi connectivity index (χ4v) is 2.16. The lowest BCUT2D eigenvalue weighted by Crippen LogP contribution is -2.34. The lowest BCUT2D eigenvalue weighted by Gasteiger charge is -2.22. The summed E-state index contributed by atoms with van der Waals surface area (Å²) in [5.41, 5.74) is -2.03. The zero-order chi connectivity index (χ0) is 23.6. The molecule has 2 rings (SSSR count). The van der Waals surface area contributed by atoms with Crippen molar-refractivity contribution in [2.75, 3.05) is 11.1 Å². The Bertz CT molecular complexity index is 962. The number of ether oxygens (including phenoxy) is 2. The molecule has 0 saturated carbocycles. The summed E-state index contributed by atoms with van der Waals surface area (Å²) in [7, 11) is 0. The van der Waals surface area contributed by atoms with Crippen LogP contribution < -0.4 is 20.5 Å². The molecule has 2 atom stereocenters. The largest absolute Gasteiger partial charge is 0.506 e. The fraction of sp³-hybridized carbons (Fsp3) is 0.235. The molecule has 0 aliphatic heterocycles. The Balaban J connectivity index is 2.43. The van der Waals surface area contributed by atoms with Gasteiger partial charge in [-0.15, -0.1) is 0 Å². The van der Waals surface area contributed by atoms with E-state index in [0.717, 1.165) is 6.07 Å². The van der Waals surface area contributed by atoms with Crippen LogP contribution in [-0.2, 0) is 0 Å². The highest BCUT2D eigenvalue weighted by molar-refractivity contribution is 6.20. The van der Waals surface area contributed by atoms with Crippen molar-refractivity contribution in [2.45, 2.75) is 23.5 Å². The van der Waals surface area contributed by atoms with Crippen LogP contribution in [0.5, 0.6) is 17.2 Å². The topological polar surface area (TPSA) is 93.8 Å². The van der Waals surface area contributed by atoms with Crippen LogP contribution in [0.2, 0.25) is 0 Å². The molecule has 2 aromatic rings. The number of aromatic hydroxyl groups is 1. The Morgan fingerprint density at radius 3 is 2.13 bits per heavy atom. The highest BCUT2D eigenvalue weighted by Gasteiger charge is 2.44. The van der Waals surface area contributed by atoms with E-state index in [9.17, 15) is 36.2 Å². The summed E-state index contributed by atoms with van der Waals surface area (Å²) >= 11 is 9.35. The number of anilines is 2. The third kappa shape index (κ3) is 6.14. The molecule has 4 N–H and O–H groups in total. The van der Waals surface area contributed by atoms with Crippen molar-refractivity contribution in [2.24, 2.45) is 0 Å². The van der Waals surface area contributed by atoms with Crippen molar-refractivity contribution in [3.8, 4) is 17.2 Å². The van der Waals surface area contributed by atoms with Crippen molar-refractivity contribution in [3.05, 3.63) is 42.0 Å². The predicted molar refractivity (Wildman–Crippen MR) is 99.6 cm³/mol. The molecule has 0 saturated heterocycles. The Kier molecular flexibility index (Phi) is 7.27. The zero-order valence-corrected chi connectivity index (χ0v) is 16.4. The first-order valence-corrected chi connectivity index (χ1v) is 8.84. The van der Waals surface area contributed by atoms with Gasteiger partial charge in [-0.05, 0) is 24.3 Å². The smallest absolute Gasteiger partial charge is 0.444 e. The van der Waals surface area contributed by atoms with Gasteiger partial charge >= 0.3 is 12.2 Å². The predicted octanol–water partition coefficient (Wildman–Crippen LogP) is 5.24. The molecule has 6 nitrogen and oxygen atoms in total. The molecular formula is C17H12Cl2F6N2O4. The van der Waals surface area contributed by atoms with Gasteiger partial charge in [-0.2, -0.15) is 17.6 Å². The minimum absolute atomic E-state index is 0.142. The molecule has 1 amide bonds. The number of carbonyl (C=O) groups excluding carboxylic acids is 1. The number of hydrogen-bond acceptors (Lipinski definition) is 5. The van der Waals surface area contributed by atoms with Gasteiger partial charge in [0.15, 0.2) is 0 Å². The van der Waals surface area contributed by atoms with Crippen molar-refractivity contribution >= 4 is 40.5 Å². The molecule has 170 valence electrons. The number of carbonyl (C=O) groups is 1. The van der Waals surface area contributed by atoms with Gasteiger partial charge in [0, 0.05) is 17.8 Å². The van der Waals surface area contributed by atoms with Gasteiger partial charge in [0.25, 0.3) is 17.2 Å². The lowest BCUT2D eigenvalue weighted by atomic mass is 10.1. The van der Waals surface area contributed by atoms with E-state index >= 15 is 0 Å². The number of nitrogens with two attached hydrogens (primary N) is 1. The Morgan fingerprint density at radius 2 is 1.58 bits per heavy atom. The van der Waals surface area contributed by atoms with Crippen molar-refractivity contribution < 1.29 is 45.7 Å². The van der Waals surface area contributed by atoms with Gasteiger partial charge < -0.3 is 25.6 Å². The molecule has 0 spiro atoms. The minimum atomic E-state index is -4.70. The maximum Gasteiger partial charge on any atom is 0.444 e. The third-order valence-corrected chi connectivity index (χ3v) is 3.98. The van der Waals surface area contributed by atoms with Crippen LogP contribution in [-0.4, -0.2) is 34.5 Å². The number of phenols is 1. The average Bonchev–Trinajstić information content (AvgIpc) is 2.63. The van der Waals surface area contributed by atoms with Crippen LogP contribution in [0.15, 0.2) is 36.4 Å². The average molecular weight is 493 g/mol. The number of alkyl halides is 8. The van der Waals surface area contributed by atoms with Crippen molar-refractivity contribution in [1.29, 1.82) is 0 Å². The first-order valence-electron chi connectivity index (χ1n) is 7.97. The van der Waals surface area contributed by atoms with Gasteiger partial charge in [-0.25, -0.2) is 8.78 Å². The Labute approximate surface area is 180 Å². The summed E-state index contributed by atoms with van der Waals surface area (Å²) in [6.07, 6.45) is -9.27. The van der Waals surface area contributed by atoms with Crippen LogP contribution in [0.25, 0.3) is 0 Å². The summed E-state index contributed by atoms with van der Waals surface area (Å²) in [5.74, 6) is -3.77. The summed E-state index contributed by atoms with van der Waals surface area (Å²) in [6, 6.07) is 5.25. The number of halogens is 8. The molecular weight excluding hydrogens is 481 g/mol. The number of nitrogens with one attached hydrogen (secondary N) is 1. The first-order chi connectivity index (χ1) is 14.2. The van der Waals surface area contributed by atoms with E-state index in [2.05, 4.69) is 26.4 Å². The van der Waals surface area contributed by atoms with E-state index in [1.807, 2.05) is 0 Å². The van der Waals surface area contributed by atoms with Crippen LogP contribution in [0.4, 0.5) is 37.7 Å². The molecule has 0 aliphatic rings. The fourth-order valence-electron chi connectivity index (χ4n) is 2.08. The van der Waals surface area contributed by atoms with Gasteiger partial charge in [0.1, 0.15) is 17.2 Å². The van der Waals surface area contributed by atoms with Crippen molar-refractivity contribution in [3.63, 3.8) is 0 Å². The monoisotopic (exact) mass is 492 g/mol. The summed E-state index contributed by atoms with van der Waals surface area (Å²) in [5, 5.41) is 11.9. The summed E-state index contributed by atoms with van der Waals surface area (Å²) in [4.78, 5) is 12.5. The molecule has 0 aliphatic carbocycles. The maximum atomic E-state index is 13.6. The number of nitrogen functional groups attached to an aromatic ring is 1. The standard InChI is InChI=1S/C17H12Cl2F6N2O4/c18-14(20)16(22,23)30-8-2-3-9(12(6-8)31-17(24,25)15(19)21)13(29)27-10-4-1-7(26)5-11(10)28/h1-6,14-15,28H,26H2,(H,27,29). The highest BCUT2D eigenvalue weighted by atomic mass is 35.5. The number of amides is 1. The summed E-state index contributed by atoms with van der Waals surface area (Å²) in [6.45, 7) is 0. The number of benzene rings is 2. The summed E-state index contributed by atoms with van der Waals surface area (Å²) < 4.78 is 87.7. The molecule has 31 heavy (non-hydrogen) atoms. The van der Waals surface area contributed by atoms with E-state index in [0.29, 0.717) is 18.2 Å². The molecule has 14 heteroatoms. The number of hydrogen-bond donors (Lipinski definition) is 3.